The summed E-state index contributed by atoms with van der Waals surface area (Å²) in [5.41, 5.74) is 7.13. The second kappa shape index (κ2) is 5.66. The minimum absolute atomic E-state index is 0.0531. The highest BCUT2D eigenvalue weighted by atomic mass is 35.5. The number of nitrogen functional groups attached to an aromatic ring is 1. The Morgan fingerprint density at radius 1 is 1.53 bits per heavy atom. The van der Waals surface area contributed by atoms with Gasteiger partial charge in [-0.25, -0.2) is 4.68 Å². The first-order valence-electron chi connectivity index (χ1n) is 5.63. The van der Waals surface area contributed by atoms with E-state index in [1.807, 2.05) is 6.92 Å². The largest absolute Gasteiger partial charge is 0.398 e. The van der Waals surface area contributed by atoms with E-state index in [-0.39, 0.29) is 5.25 Å². The molecule has 0 aliphatic rings. The summed E-state index contributed by atoms with van der Waals surface area (Å²) in [4.78, 5) is 0. The van der Waals surface area contributed by atoms with Gasteiger partial charge in [-0.05, 0) is 35.5 Å². The summed E-state index contributed by atoms with van der Waals surface area (Å²) in [6, 6.07) is 5.13. The van der Waals surface area contributed by atoms with Crippen molar-refractivity contribution in [1.29, 1.82) is 0 Å². The molecule has 1 heterocycles. The van der Waals surface area contributed by atoms with Crippen LogP contribution in [-0.2, 0) is 17.3 Å². The molecule has 0 saturated carbocycles. The molecular formula is C11H14ClN5OS. The van der Waals surface area contributed by atoms with E-state index in [2.05, 4.69) is 15.5 Å². The lowest BCUT2D eigenvalue weighted by Crippen LogP contribution is -2.19. The SMILES string of the molecule is CC(Cn1nnnc1-c1cc(Cl)ccc1N)S(C)=O. The van der Waals surface area contributed by atoms with Crippen LogP contribution in [0.1, 0.15) is 6.92 Å². The number of rotatable bonds is 4. The molecule has 8 heteroatoms. The average Bonchev–Trinajstić information content (AvgIpc) is 2.80. The zero-order valence-electron chi connectivity index (χ0n) is 10.6. The summed E-state index contributed by atoms with van der Waals surface area (Å²) in [5.74, 6) is 0.525. The highest BCUT2D eigenvalue weighted by Crippen LogP contribution is 2.26. The first-order valence-corrected chi connectivity index (χ1v) is 7.62. The molecule has 0 aliphatic heterocycles. The molecule has 1 aromatic carbocycles. The summed E-state index contributed by atoms with van der Waals surface area (Å²) in [7, 11) is -0.943. The smallest absolute Gasteiger partial charge is 0.184 e. The van der Waals surface area contributed by atoms with Gasteiger partial charge in [-0.2, -0.15) is 0 Å². The van der Waals surface area contributed by atoms with Crippen LogP contribution >= 0.6 is 11.6 Å². The molecule has 2 unspecified atom stereocenters. The summed E-state index contributed by atoms with van der Waals surface area (Å²) in [5, 5.41) is 12.0. The number of hydrogen-bond acceptors (Lipinski definition) is 5. The fourth-order valence-corrected chi connectivity index (χ4v) is 2.11. The summed E-state index contributed by atoms with van der Waals surface area (Å²) < 4.78 is 13.0. The van der Waals surface area contributed by atoms with Crippen LogP contribution in [-0.4, -0.2) is 35.9 Å². The fourth-order valence-electron chi connectivity index (χ4n) is 1.59. The van der Waals surface area contributed by atoms with Gasteiger partial charge in [0.25, 0.3) is 0 Å². The highest BCUT2D eigenvalue weighted by Gasteiger charge is 2.16. The van der Waals surface area contributed by atoms with Gasteiger partial charge in [-0.3, -0.25) is 4.21 Å². The summed E-state index contributed by atoms with van der Waals surface area (Å²) in [6.07, 6.45) is 1.66. The zero-order chi connectivity index (χ0) is 14.0. The molecule has 2 rings (SSSR count). The molecule has 0 bridgehead atoms. The molecule has 2 N–H and O–H groups in total. The van der Waals surface area contributed by atoms with Gasteiger partial charge in [0.05, 0.1) is 11.8 Å². The van der Waals surface area contributed by atoms with Crippen LogP contribution in [0.25, 0.3) is 11.4 Å². The second-order valence-corrected chi connectivity index (χ2v) is 6.46. The Bertz CT molecular complexity index is 615. The van der Waals surface area contributed by atoms with E-state index >= 15 is 0 Å². The van der Waals surface area contributed by atoms with Crippen LogP contribution in [0.5, 0.6) is 0 Å². The van der Waals surface area contributed by atoms with Gasteiger partial charge in [0.2, 0.25) is 0 Å². The van der Waals surface area contributed by atoms with E-state index in [4.69, 9.17) is 17.3 Å². The number of nitrogens with zero attached hydrogens (tertiary/aromatic N) is 4. The van der Waals surface area contributed by atoms with Crippen LogP contribution in [0.2, 0.25) is 5.02 Å². The maximum atomic E-state index is 11.4. The molecule has 0 aliphatic carbocycles. The number of hydrogen-bond donors (Lipinski definition) is 1. The van der Waals surface area contributed by atoms with Crippen molar-refractivity contribution in [2.45, 2.75) is 18.7 Å². The van der Waals surface area contributed by atoms with Crippen LogP contribution in [0.4, 0.5) is 5.69 Å². The molecule has 0 spiro atoms. The molecule has 0 radical (unpaired) electrons. The van der Waals surface area contributed by atoms with Crippen LogP contribution in [0.3, 0.4) is 0 Å². The Kier molecular flexibility index (Phi) is 4.16. The third-order valence-electron chi connectivity index (χ3n) is 2.78. The number of anilines is 1. The van der Waals surface area contributed by atoms with Gasteiger partial charge < -0.3 is 5.73 Å². The van der Waals surface area contributed by atoms with Crippen molar-refractivity contribution in [2.75, 3.05) is 12.0 Å². The van der Waals surface area contributed by atoms with E-state index in [1.54, 1.807) is 29.1 Å². The monoisotopic (exact) mass is 299 g/mol. The Morgan fingerprint density at radius 3 is 2.95 bits per heavy atom. The van der Waals surface area contributed by atoms with Gasteiger partial charge >= 0.3 is 0 Å². The Hall–Kier alpha value is -1.47. The molecule has 19 heavy (non-hydrogen) atoms. The van der Waals surface area contributed by atoms with Gasteiger partial charge in [-0.15, -0.1) is 5.10 Å². The van der Waals surface area contributed by atoms with E-state index in [0.717, 1.165) is 0 Å². The van der Waals surface area contributed by atoms with Gasteiger partial charge in [0, 0.05) is 33.3 Å². The Labute approximate surface area is 118 Å². The molecular weight excluding hydrogens is 286 g/mol. The maximum Gasteiger partial charge on any atom is 0.184 e. The lowest BCUT2D eigenvalue weighted by molar-refractivity contribution is 0.579. The quantitative estimate of drug-likeness (QED) is 0.861. The molecule has 1 aromatic heterocycles. The predicted octanol–water partition coefficient (Wildman–Crippen LogP) is 1.34. The van der Waals surface area contributed by atoms with Crippen molar-refractivity contribution in [3.8, 4) is 11.4 Å². The van der Waals surface area contributed by atoms with Crippen LogP contribution in [0.15, 0.2) is 18.2 Å². The van der Waals surface area contributed by atoms with Crippen molar-refractivity contribution in [3.05, 3.63) is 23.2 Å². The van der Waals surface area contributed by atoms with Crippen molar-refractivity contribution in [3.63, 3.8) is 0 Å². The number of benzene rings is 1. The number of halogens is 1. The minimum Gasteiger partial charge on any atom is -0.398 e. The van der Waals surface area contributed by atoms with Gasteiger partial charge in [-0.1, -0.05) is 11.6 Å². The first-order chi connectivity index (χ1) is 8.99. The average molecular weight is 300 g/mol. The van der Waals surface area contributed by atoms with Crippen LogP contribution < -0.4 is 5.73 Å². The molecule has 0 amide bonds. The standard InChI is InChI=1S/C11H14ClN5OS/c1-7(19(2)18)6-17-11(14-15-16-17)9-5-8(12)3-4-10(9)13/h3-5,7H,6,13H2,1-2H3. The molecule has 0 saturated heterocycles. The highest BCUT2D eigenvalue weighted by molar-refractivity contribution is 7.84. The normalized spacial score (nSPS) is 14.3. The predicted molar refractivity (Wildman–Crippen MR) is 76.2 cm³/mol. The fraction of sp³-hybridized carbons (Fsp3) is 0.364. The van der Waals surface area contributed by atoms with E-state index in [0.29, 0.717) is 28.6 Å². The van der Waals surface area contributed by atoms with Crippen molar-refractivity contribution >= 4 is 28.1 Å². The second-order valence-electron chi connectivity index (χ2n) is 4.23. The van der Waals surface area contributed by atoms with Crippen LogP contribution in [0, 0.1) is 0 Å². The van der Waals surface area contributed by atoms with Crippen molar-refractivity contribution < 1.29 is 4.21 Å². The molecule has 2 aromatic rings. The molecule has 102 valence electrons. The summed E-state index contributed by atoms with van der Waals surface area (Å²) in [6.45, 7) is 2.33. The van der Waals surface area contributed by atoms with E-state index in [1.165, 1.54) is 0 Å². The van der Waals surface area contributed by atoms with Gasteiger partial charge in [0.15, 0.2) is 5.82 Å². The number of aromatic nitrogens is 4. The minimum atomic E-state index is -0.943. The van der Waals surface area contributed by atoms with Crippen molar-refractivity contribution in [2.24, 2.45) is 0 Å². The number of nitrogens with two attached hydrogens (primary N) is 1. The molecule has 2 atom stereocenters. The van der Waals surface area contributed by atoms with Gasteiger partial charge in [0.1, 0.15) is 0 Å². The third-order valence-corrected chi connectivity index (χ3v) is 4.30. The van der Waals surface area contributed by atoms with Crippen molar-refractivity contribution in [1.82, 2.24) is 20.2 Å². The first kappa shape index (κ1) is 14.0. The van der Waals surface area contributed by atoms with E-state index < -0.39 is 10.8 Å². The lowest BCUT2D eigenvalue weighted by atomic mass is 10.1. The maximum absolute atomic E-state index is 11.4. The topological polar surface area (TPSA) is 86.7 Å². The number of tetrazole rings is 1. The Balaban J connectivity index is 2.39. The Morgan fingerprint density at radius 2 is 2.26 bits per heavy atom. The molecule has 0 fully saturated rings. The third kappa shape index (κ3) is 3.10. The van der Waals surface area contributed by atoms with E-state index in [9.17, 15) is 4.21 Å². The zero-order valence-corrected chi connectivity index (χ0v) is 12.1. The summed E-state index contributed by atoms with van der Waals surface area (Å²) >= 11 is 5.96. The molecule has 6 nitrogen and oxygen atoms in total. The lowest BCUT2D eigenvalue weighted by Gasteiger charge is -2.10.